The molecular formula is C29H39F2N5O4. The average molecular weight is 560 g/mol. The maximum absolute atomic E-state index is 15.4. The van der Waals surface area contributed by atoms with Crippen LogP contribution in [0.25, 0.3) is 10.9 Å². The van der Waals surface area contributed by atoms with Crippen LogP contribution in [0.5, 0.6) is 0 Å². The molecule has 9 nitrogen and oxygen atoms in total. The summed E-state index contributed by atoms with van der Waals surface area (Å²) in [4.78, 5) is 40.0. The molecular weight excluding hydrogens is 520 g/mol. The van der Waals surface area contributed by atoms with Crippen molar-refractivity contribution in [3.63, 3.8) is 0 Å². The van der Waals surface area contributed by atoms with Gasteiger partial charge < -0.3 is 14.5 Å². The number of carbonyl (C=O) groups is 3. The van der Waals surface area contributed by atoms with Crippen molar-refractivity contribution in [1.29, 1.82) is 0 Å². The fraction of sp³-hybridized carbons (Fsp3) is 0.655. The lowest BCUT2D eigenvalue weighted by Crippen LogP contribution is -2.50. The molecule has 3 fully saturated rings. The smallest absolute Gasteiger partial charge is 0.410 e. The van der Waals surface area contributed by atoms with E-state index in [1.807, 2.05) is 6.07 Å². The van der Waals surface area contributed by atoms with Gasteiger partial charge in [0.25, 0.3) is 0 Å². The van der Waals surface area contributed by atoms with Crippen LogP contribution in [0.1, 0.15) is 76.0 Å². The normalized spacial score (nSPS) is 25.4. The number of nitrogens with one attached hydrogen (secondary N) is 1. The lowest BCUT2D eigenvalue weighted by molar-refractivity contribution is -0.134. The summed E-state index contributed by atoms with van der Waals surface area (Å²) in [7, 11) is 1.78. The fourth-order valence-corrected chi connectivity index (χ4v) is 6.25. The Morgan fingerprint density at radius 3 is 2.50 bits per heavy atom. The van der Waals surface area contributed by atoms with Gasteiger partial charge >= 0.3 is 6.09 Å². The molecule has 0 spiro atoms. The van der Waals surface area contributed by atoms with Crippen molar-refractivity contribution in [3.05, 3.63) is 29.2 Å². The first kappa shape index (κ1) is 28.4. The summed E-state index contributed by atoms with van der Waals surface area (Å²) in [6.07, 6.45) is 1.12. The molecule has 4 heterocycles. The van der Waals surface area contributed by atoms with Gasteiger partial charge in [-0.05, 0) is 83.2 Å². The molecule has 1 aromatic heterocycles. The molecule has 40 heavy (non-hydrogen) atoms. The van der Waals surface area contributed by atoms with Crippen LogP contribution in [0.2, 0.25) is 0 Å². The summed E-state index contributed by atoms with van der Waals surface area (Å²) >= 11 is 0. The molecule has 1 unspecified atom stereocenters. The first-order chi connectivity index (χ1) is 18.9. The zero-order valence-electron chi connectivity index (χ0n) is 23.7. The van der Waals surface area contributed by atoms with Crippen molar-refractivity contribution in [3.8, 4) is 0 Å². The third-order valence-electron chi connectivity index (χ3n) is 8.41. The molecule has 3 saturated heterocycles. The summed E-state index contributed by atoms with van der Waals surface area (Å²) in [6.45, 7) is 8.03. The van der Waals surface area contributed by atoms with Gasteiger partial charge in [0, 0.05) is 37.9 Å². The molecule has 2 aromatic rings. The van der Waals surface area contributed by atoms with E-state index in [1.54, 1.807) is 32.5 Å². The van der Waals surface area contributed by atoms with Crippen molar-refractivity contribution in [2.45, 2.75) is 76.5 Å². The molecule has 1 aromatic carbocycles. The zero-order chi connectivity index (χ0) is 28.8. The first-order valence-corrected chi connectivity index (χ1v) is 14.2. The Hall–Kier alpha value is -3.08. The number of halogens is 2. The fourth-order valence-electron chi connectivity index (χ4n) is 6.25. The van der Waals surface area contributed by atoms with Crippen molar-refractivity contribution < 1.29 is 27.9 Å². The molecule has 3 aliphatic rings. The van der Waals surface area contributed by atoms with Crippen LogP contribution in [0.3, 0.4) is 0 Å². The highest BCUT2D eigenvalue weighted by Crippen LogP contribution is 2.36. The van der Waals surface area contributed by atoms with Gasteiger partial charge in [0.15, 0.2) is 0 Å². The molecule has 3 atom stereocenters. The number of hydrogen-bond acceptors (Lipinski definition) is 6. The number of aromatic nitrogens is 2. The summed E-state index contributed by atoms with van der Waals surface area (Å²) in [5, 5.41) is 7.49. The Morgan fingerprint density at radius 1 is 1.12 bits per heavy atom. The number of likely N-dealkylation sites (tertiary alicyclic amines) is 2. The van der Waals surface area contributed by atoms with Crippen LogP contribution in [0, 0.1) is 11.7 Å². The third-order valence-corrected chi connectivity index (χ3v) is 8.41. The Kier molecular flexibility index (Phi) is 7.87. The number of fused-ring (bicyclic) bond motifs is 1. The van der Waals surface area contributed by atoms with Gasteiger partial charge in [-0.2, -0.15) is 5.10 Å². The van der Waals surface area contributed by atoms with Gasteiger partial charge in [0.1, 0.15) is 17.6 Å². The van der Waals surface area contributed by atoms with E-state index in [-0.39, 0.29) is 42.4 Å². The Labute approximate surface area is 233 Å². The minimum Gasteiger partial charge on any atom is -0.444 e. The number of aryl methyl sites for hydroxylation is 1. The first-order valence-electron chi connectivity index (χ1n) is 14.2. The van der Waals surface area contributed by atoms with Gasteiger partial charge in [-0.3, -0.25) is 19.6 Å². The van der Waals surface area contributed by atoms with Crippen molar-refractivity contribution in [2.24, 2.45) is 13.0 Å². The lowest BCUT2D eigenvalue weighted by Gasteiger charge is -2.39. The molecule has 3 amide bonds. The maximum Gasteiger partial charge on any atom is 0.410 e. The van der Waals surface area contributed by atoms with Gasteiger partial charge in [-0.15, -0.1) is 0 Å². The Bertz CT molecular complexity index is 1300. The number of nitrogens with zero attached hydrogens (tertiary/aromatic N) is 4. The highest BCUT2D eigenvalue weighted by molar-refractivity contribution is 6.02. The minimum absolute atomic E-state index is 0.0322. The number of ether oxygens (including phenoxy) is 1. The molecule has 3 aliphatic heterocycles. The molecule has 218 valence electrons. The summed E-state index contributed by atoms with van der Waals surface area (Å²) in [5.74, 6) is -1.70. The highest BCUT2D eigenvalue weighted by atomic mass is 19.1. The summed E-state index contributed by atoms with van der Waals surface area (Å²) in [6, 6.07) is 3.33. The van der Waals surface area contributed by atoms with Crippen molar-refractivity contribution >= 4 is 28.8 Å². The standard InChI is InChI=1S/C29H39F2N5O4/c1-29(2,3)40-28(39)36-12-9-18(23(31)16-36)15-35-10-7-17(8-11-35)20-14-24-21(13-22(20)30)26(33-34(24)4)19-5-6-25(37)32-27(19)38/h13-14,17-19,23H,5-12,15-16H2,1-4H3,(H,32,37,38)/t18-,19?,23-/m1/s1. The topological polar surface area (TPSA) is 96.8 Å². The number of amides is 3. The van der Waals surface area contributed by atoms with E-state index in [0.29, 0.717) is 42.6 Å². The highest BCUT2D eigenvalue weighted by Gasteiger charge is 2.36. The van der Waals surface area contributed by atoms with E-state index < -0.39 is 23.8 Å². The number of alkyl halides is 1. The SMILES string of the molecule is Cn1nc(C2CCC(=O)NC2=O)c2cc(F)c(C3CCN(C[C@H]4CCN(C(=O)OC(C)(C)C)C[C@H]4F)CC3)cc21. The van der Waals surface area contributed by atoms with Crippen LogP contribution in [-0.4, -0.2) is 82.0 Å². The molecule has 1 N–H and O–H groups in total. The van der Waals surface area contributed by atoms with Crippen LogP contribution in [0.15, 0.2) is 12.1 Å². The number of rotatable bonds is 4. The second-order valence-corrected chi connectivity index (χ2v) is 12.5. The van der Waals surface area contributed by atoms with Crippen molar-refractivity contribution in [1.82, 2.24) is 24.9 Å². The molecule has 5 rings (SSSR count). The molecule has 0 bridgehead atoms. The van der Waals surface area contributed by atoms with Gasteiger partial charge in [-0.25, -0.2) is 13.6 Å². The van der Waals surface area contributed by atoms with E-state index in [4.69, 9.17) is 4.74 Å². The Morgan fingerprint density at radius 2 is 1.85 bits per heavy atom. The lowest BCUT2D eigenvalue weighted by atomic mass is 9.86. The predicted molar refractivity (Wildman–Crippen MR) is 145 cm³/mol. The van der Waals surface area contributed by atoms with Crippen LogP contribution in [-0.2, 0) is 21.4 Å². The molecule has 0 saturated carbocycles. The maximum atomic E-state index is 15.4. The summed E-state index contributed by atoms with van der Waals surface area (Å²) < 4.78 is 37.6. The number of piperidine rings is 3. The van der Waals surface area contributed by atoms with E-state index in [0.717, 1.165) is 31.4 Å². The average Bonchev–Trinajstić information content (AvgIpc) is 3.19. The van der Waals surface area contributed by atoms with E-state index in [9.17, 15) is 14.4 Å². The second-order valence-electron chi connectivity index (χ2n) is 12.5. The van der Waals surface area contributed by atoms with Gasteiger partial charge in [0.05, 0.1) is 23.7 Å². The molecule has 11 heteroatoms. The Balaban J connectivity index is 1.20. The number of benzene rings is 1. The van der Waals surface area contributed by atoms with E-state index in [2.05, 4.69) is 15.3 Å². The third kappa shape index (κ3) is 5.99. The number of hydrogen-bond donors (Lipinski definition) is 1. The van der Waals surface area contributed by atoms with E-state index >= 15 is 8.78 Å². The molecule has 0 aliphatic carbocycles. The van der Waals surface area contributed by atoms with Gasteiger partial charge in [0.2, 0.25) is 11.8 Å². The van der Waals surface area contributed by atoms with Crippen LogP contribution < -0.4 is 5.32 Å². The van der Waals surface area contributed by atoms with Crippen molar-refractivity contribution in [2.75, 3.05) is 32.7 Å². The monoisotopic (exact) mass is 559 g/mol. The minimum atomic E-state index is -1.11. The predicted octanol–water partition coefficient (Wildman–Crippen LogP) is 4.01. The number of carbonyl (C=O) groups excluding carboxylic acids is 3. The van der Waals surface area contributed by atoms with Gasteiger partial charge in [-0.1, -0.05) is 0 Å². The largest absolute Gasteiger partial charge is 0.444 e. The zero-order valence-corrected chi connectivity index (χ0v) is 23.7. The second kappa shape index (κ2) is 11.1. The molecule has 0 radical (unpaired) electrons. The number of imide groups is 1. The quantitative estimate of drug-likeness (QED) is 0.569. The van der Waals surface area contributed by atoms with Crippen LogP contribution >= 0.6 is 0 Å². The summed E-state index contributed by atoms with van der Waals surface area (Å²) in [5.41, 5.74) is 1.29. The van der Waals surface area contributed by atoms with Crippen LogP contribution in [0.4, 0.5) is 13.6 Å². The van der Waals surface area contributed by atoms with E-state index in [1.165, 1.54) is 11.0 Å².